The van der Waals surface area contributed by atoms with Crippen molar-refractivity contribution in [1.29, 1.82) is 0 Å². The summed E-state index contributed by atoms with van der Waals surface area (Å²) in [5.41, 5.74) is 1.68. The number of carbonyl (C=O) groups excluding carboxylic acids is 2. The highest BCUT2D eigenvalue weighted by Crippen LogP contribution is 2.32. The summed E-state index contributed by atoms with van der Waals surface area (Å²) in [6, 6.07) is 3.45. The molecule has 4 nitrogen and oxygen atoms in total. The number of halogens is 2. The van der Waals surface area contributed by atoms with E-state index >= 15 is 0 Å². The molecule has 0 bridgehead atoms. The van der Waals surface area contributed by atoms with E-state index in [9.17, 15) is 9.59 Å². The Kier molecular flexibility index (Phi) is 4.12. The number of imide groups is 1. The second-order valence-corrected chi connectivity index (χ2v) is 5.02. The number of H-pyrrole nitrogens is 1. The van der Waals surface area contributed by atoms with E-state index in [0.29, 0.717) is 22.9 Å². The Bertz CT molecular complexity index is 637. The molecule has 0 aliphatic carbocycles. The van der Waals surface area contributed by atoms with Gasteiger partial charge in [-0.3, -0.25) is 14.5 Å². The van der Waals surface area contributed by atoms with Gasteiger partial charge in [-0.25, -0.2) is 0 Å². The average Bonchev–Trinajstić information content (AvgIpc) is 2.84. The molecular formula is C13H12Cl2N2O2. The Morgan fingerprint density at radius 2 is 2.05 bits per heavy atom. The number of carbonyl (C=O) groups is 2. The second kappa shape index (κ2) is 5.63. The second-order valence-electron chi connectivity index (χ2n) is 4.20. The number of amides is 2. The minimum Gasteiger partial charge on any atom is -0.360 e. The molecule has 0 saturated carbocycles. The van der Waals surface area contributed by atoms with E-state index in [-0.39, 0.29) is 12.3 Å². The zero-order chi connectivity index (χ0) is 14.0. The quantitative estimate of drug-likeness (QED) is 0.882. The molecule has 100 valence electrons. The molecule has 1 aromatic heterocycles. The molecule has 6 heteroatoms. The summed E-state index contributed by atoms with van der Waals surface area (Å²) >= 11 is 12.2. The minimum atomic E-state index is -0.234. The van der Waals surface area contributed by atoms with Crippen molar-refractivity contribution in [3.8, 4) is 0 Å². The van der Waals surface area contributed by atoms with Crippen molar-refractivity contribution in [2.45, 2.75) is 12.8 Å². The topological polar surface area (TPSA) is 53.2 Å². The van der Waals surface area contributed by atoms with Crippen LogP contribution in [0.3, 0.4) is 0 Å². The van der Waals surface area contributed by atoms with Gasteiger partial charge >= 0.3 is 0 Å². The van der Waals surface area contributed by atoms with Crippen LogP contribution >= 0.6 is 23.2 Å². The normalized spacial score (nSPS) is 10.7. The molecule has 0 unspecified atom stereocenters. The van der Waals surface area contributed by atoms with Crippen LogP contribution in [0.2, 0.25) is 10.0 Å². The van der Waals surface area contributed by atoms with Crippen molar-refractivity contribution < 1.29 is 9.59 Å². The predicted octanol–water partition coefficient (Wildman–Crippen LogP) is 3.02. The molecule has 0 radical (unpaired) electrons. The lowest BCUT2D eigenvalue weighted by molar-refractivity contribution is -0.136. The summed E-state index contributed by atoms with van der Waals surface area (Å²) in [6.07, 6.45) is 3.03. The van der Waals surface area contributed by atoms with Crippen molar-refractivity contribution in [3.05, 3.63) is 33.9 Å². The van der Waals surface area contributed by atoms with Crippen LogP contribution in [0.4, 0.5) is 0 Å². The Morgan fingerprint density at radius 1 is 1.37 bits per heavy atom. The molecule has 0 atom stereocenters. The van der Waals surface area contributed by atoms with Crippen LogP contribution in [0, 0.1) is 0 Å². The van der Waals surface area contributed by atoms with Crippen molar-refractivity contribution >= 4 is 46.4 Å². The van der Waals surface area contributed by atoms with Crippen molar-refractivity contribution in [2.24, 2.45) is 0 Å². The largest absolute Gasteiger partial charge is 0.360 e. The van der Waals surface area contributed by atoms with E-state index in [1.54, 1.807) is 18.3 Å². The van der Waals surface area contributed by atoms with E-state index in [1.165, 1.54) is 7.05 Å². The Balaban J connectivity index is 2.25. The van der Waals surface area contributed by atoms with Gasteiger partial charge in [0.15, 0.2) is 0 Å². The van der Waals surface area contributed by atoms with Crippen LogP contribution in [0.1, 0.15) is 12.0 Å². The maximum absolute atomic E-state index is 11.6. The van der Waals surface area contributed by atoms with Gasteiger partial charge in [0.25, 0.3) is 0 Å². The molecular weight excluding hydrogens is 287 g/mol. The average molecular weight is 299 g/mol. The number of aromatic amines is 1. The fourth-order valence-electron chi connectivity index (χ4n) is 1.91. The first-order chi connectivity index (χ1) is 9.04. The molecule has 0 spiro atoms. The number of nitrogens with zero attached hydrogens (tertiary/aromatic N) is 1. The minimum absolute atomic E-state index is 0.234. The number of hydrogen-bond donors (Lipinski definition) is 1. The molecule has 0 fully saturated rings. The molecule has 1 heterocycles. The van der Waals surface area contributed by atoms with E-state index in [2.05, 4.69) is 4.98 Å². The molecule has 2 rings (SSSR count). The van der Waals surface area contributed by atoms with Crippen LogP contribution in [0.15, 0.2) is 18.3 Å². The van der Waals surface area contributed by atoms with Crippen LogP contribution in [0.5, 0.6) is 0 Å². The Hall–Kier alpha value is -1.52. The molecule has 0 aliphatic heterocycles. The van der Waals surface area contributed by atoms with Gasteiger partial charge in [-0.05, 0) is 24.1 Å². The van der Waals surface area contributed by atoms with Gasteiger partial charge < -0.3 is 4.98 Å². The standard InChI is InChI=1S/C13H12Cl2N2O2/c1-17(7-18)11(19)5-2-8-6-16-13-10(15)4-3-9(14)12(8)13/h3-4,6-7,16H,2,5H2,1H3. The number of aryl methyl sites for hydroxylation is 1. The first-order valence-electron chi connectivity index (χ1n) is 5.69. The van der Waals surface area contributed by atoms with Gasteiger partial charge in [0, 0.05) is 25.1 Å². The van der Waals surface area contributed by atoms with E-state index in [4.69, 9.17) is 23.2 Å². The van der Waals surface area contributed by atoms with Gasteiger partial charge in [0.2, 0.25) is 12.3 Å². The van der Waals surface area contributed by atoms with Crippen LogP contribution in [0.25, 0.3) is 10.9 Å². The molecule has 0 saturated heterocycles. The summed E-state index contributed by atoms with van der Waals surface area (Å²) in [5, 5.41) is 2.00. The monoisotopic (exact) mass is 298 g/mol. The van der Waals surface area contributed by atoms with Crippen LogP contribution < -0.4 is 0 Å². The zero-order valence-electron chi connectivity index (χ0n) is 10.2. The number of hydrogen-bond acceptors (Lipinski definition) is 2. The third-order valence-corrected chi connectivity index (χ3v) is 3.61. The zero-order valence-corrected chi connectivity index (χ0v) is 11.8. The third kappa shape index (κ3) is 2.74. The van der Waals surface area contributed by atoms with Crippen molar-refractivity contribution in [1.82, 2.24) is 9.88 Å². The highest BCUT2D eigenvalue weighted by molar-refractivity contribution is 6.40. The lowest BCUT2D eigenvalue weighted by Gasteiger charge is -2.08. The Morgan fingerprint density at radius 3 is 2.74 bits per heavy atom. The molecule has 1 N–H and O–H groups in total. The molecule has 2 aromatic rings. The highest BCUT2D eigenvalue weighted by atomic mass is 35.5. The van der Waals surface area contributed by atoms with Crippen molar-refractivity contribution in [2.75, 3.05) is 7.05 Å². The molecule has 19 heavy (non-hydrogen) atoms. The van der Waals surface area contributed by atoms with Gasteiger partial charge in [0.1, 0.15) is 0 Å². The smallest absolute Gasteiger partial charge is 0.229 e. The number of nitrogens with one attached hydrogen (secondary N) is 1. The van der Waals surface area contributed by atoms with Gasteiger partial charge in [0.05, 0.1) is 15.6 Å². The van der Waals surface area contributed by atoms with E-state index < -0.39 is 0 Å². The number of fused-ring (bicyclic) bond motifs is 1. The van der Waals surface area contributed by atoms with Gasteiger partial charge in [-0.2, -0.15) is 0 Å². The van der Waals surface area contributed by atoms with E-state index in [0.717, 1.165) is 21.4 Å². The van der Waals surface area contributed by atoms with Crippen LogP contribution in [-0.4, -0.2) is 29.2 Å². The summed E-state index contributed by atoms with van der Waals surface area (Å²) in [6.45, 7) is 0. The number of aromatic nitrogens is 1. The fourth-order valence-corrected chi connectivity index (χ4v) is 2.40. The summed E-state index contributed by atoms with van der Waals surface area (Å²) < 4.78 is 0. The molecule has 2 amide bonds. The van der Waals surface area contributed by atoms with Crippen molar-refractivity contribution in [3.63, 3.8) is 0 Å². The summed E-state index contributed by atoms with van der Waals surface area (Å²) in [4.78, 5) is 26.1. The first kappa shape index (κ1) is 13.9. The lowest BCUT2D eigenvalue weighted by atomic mass is 10.1. The SMILES string of the molecule is CN(C=O)C(=O)CCc1c[nH]c2c(Cl)ccc(Cl)c12. The maximum Gasteiger partial charge on any atom is 0.229 e. The van der Waals surface area contributed by atoms with Crippen LogP contribution in [-0.2, 0) is 16.0 Å². The number of rotatable bonds is 4. The van der Waals surface area contributed by atoms with Gasteiger partial charge in [-0.1, -0.05) is 23.2 Å². The molecule has 1 aromatic carbocycles. The predicted molar refractivity (Wildman–Crippen MR) is 75.5 cm³/mol. The number of benzene rings is 1. The highest BCUT2D eigenvalue weighted by Gasteiger charge is 2.13. The lowest BCUT2D eigenvalue weighted by Crippen LogP contribution is -2.24. The summed E-state index contributed by atoms with van der Waals surface area (Å²) in [7, 11) is 1.44. The molecule has 0 aliphatic rings. The van der Waals surface area contributed by atoms with E-state index in [1.807, 2.05) is 0 Å². The maximum atomic E-state index is 11.6. The first-order valence-corrected chi connectivity index (χ1v) is 6.45. The third-order valence-electron chi connectivity index (χ3n) is 2.98. The summed E-state index contributed by atoms with van der Waals surface area (Å²) in [5.74, 6) is -0.234. The fraction of sp³-hybridized carbons (Fsp3) is 0.231. The Labute approximate surface area is 120 Å². The van der Waals surface area contributed by atoms with Gasteiger partial charge in [-0.15, -0.1) is 0 Å².